The molecule has 3 aromatic heterocycles. The molecule has 0 spiro atoms. The molecule has 1 amide bonds. The van der Waals surface area contributed by atoms with Crippen LogP contribution in [0.4, 0.5) is 0 Å². The van der Waals surface area contributed by atoms with E-state index in [1.165, 1.54) is 4.88 Å². The summed E-state index contributed by atoms with van der Waals surface area (Å²) >= 11 is 7.65. The van der Waals surface area contributed by atoms with Gasteiger partial charge in [-0.3, -0.25) is 4.79 Å². The third-order valence-corrected chi connectivity index (χ3v) is 5.44. The van der Waals surface area contributed by atoms with Crippen LogP contribution in [0.15, 0.2) is 66.3 Å². The number of hydrogen-bond acceptors (Lipinski definition) is 4. The zero-order chi connectivity index (χ0) is 19.3. The number of carbonyl (C=O) groups is 1. The molecule has 0 aliphatic rings. The fourth-order valence-electron chi connectivity index (χ4n) is 2.89. The van der Waals surface area contributed by atoms with Gasteiger partial charge >= 0.3 is 0 Å². The molecule has 0 unspecified atom stereocenters. The Labute approximate surface area is 171 Å². The number of thiophene rings is 1. The summed E-state index contributed by atoms with van der Waals surface area (Å²) in [6, 6.07) is 15.4. The molecular formula is C20H18ClN5OS. The van der Waals surface area contributed by atoms with E-state index in [0.717, 1.165) is 12.0 Å². The van der Waals surface area contributed by atoms with Crippen molar-refractivity contribution in [2.75, 3.05) is 6.54 Å². The molecule has 8 heteroatoms. The number of nitrogens with one attached hydrogen (secondary N) is 1. The lowest BCUT2D eigenvalue weighted by Gasteiger charge is -2.10. The first-order valence-corrected chi connectivity index (χ1v) is 10.1. The maximum atomic E-state index is 12.7. The highest BCUT2D eigenvalue weighted by atomic mass is 35.5. The third-order valence-electron chi connectivity index (χ3n) is 4.26. The van der Waals surface area contributed by atoms with E-state index >= 15 is 0 Å². The van der Waals surface area contributed by atoms with E-state index in [1.807, 2.05) is 64.8 Å². The molecule has 4 aromatic rings. The lowest BCUT2D eigenvalue weighted by molar-refractivity contribution is 0.0949. The minimum Gasteiger partial charge on any atom is -0.350 e. The van der Waals surface area contributed by atoms with E-state index in [1.54, 1.807) is 16.0 Å². The number of nitrogens with zero attached hydrogens (tertiary/aromatic N) is 4. The molecule has 0 saturated carbocycles. The van der Waals surface area contributed by atoms with Gasteiger partial charge in [-0.05, 0) is 47.7 Å². The van der Waals surface area contributed by atoms with E-state index in [0.29, 0.717) is 29.6 Å². The zero-order valence-electron chi connectivity index (χ0n) is 15.0. The Balaban J connectivity index is 1.55. The molecule has 0 bridgehead atoms. The number of hydrogen-bond donors (Lipinski definition) is 1. The maximum Gasteiger partial charge on any atom is 0.275 e. The van der Waals surface area contributed by atoms with Crippen molar-refractivity contribution in [3.05, 3.63) is 87.5 Å². The first-order chi connectivity index (χ1) is 13.7. The van der Waals surface area contributed by atoms with Crippen LogP contribution >= 0.6 is 22.9 Å². The molecular weight excluding hydrogens is 394 g/mol. The second kappa shape index (κ2) is 8.41. The predicted octanol–water partition coefficient (Wildman–Crippen LogP) is 3.80. The molecule has 6 nitrogen and oxygen atoms in total. The summed E-state index contributed by atoms with van der Waals surface area (Å²) in [4.78, 5) is 14.0. The fraction of sp³-hybridized carbons (Fsp3) is 0.150. The average Bonchev–Trinajstić information content (AvgIpc) is 3.45. The van der Waals surface area contributed by atoms with Crippen LogP contribution in [-0.4, -0.2) is 32.0 Å². The summed E-state index contributed by atoms with van der Waals surface area (Å²) in [6.07, 6.45) is 4.54. The first-order valence-electron chi connectivity index (χ1n) is 8.82. The lowest BCUT2D eigenvalue weighted by atomic mass is 10.2. The first kappa shape index (κ1) is 18.5. The maximum absolute atomic E-state index is 12.7. The Morgan fingerprint density at radius 1 is 1.11 bits per heavy atom. The zero-order valence-corrected chi connectivity index (χ0v) is 16.5. The van der Waals surface area contributed by atoms with Gasteiger partial charge in [0.15, 0.2) is 11.5 Å². The third kappa shape index (κ3) is 4.16. The van der Waals surface area contributed by atoms with Crippen molar-refractivity contribution in [1.29, 1.82) is 0 Å². The summed E-state index contributed by atoms with van der Waals surface area (Å²) in [5.41, 5.74) is 1.32. The smallest absolute Gasteiger partial charge is 0.275 e. The van der Waals surface area contributed by atoms with Gasteiger partial charge in [-0.1, -0.05) is 35.0 Å². The van der Waals surface area contributed by atoms with Crippen LogP contribution < -0.4 is 5.32 Å². The van der Waals surface area contributed by atoms with E-state index in [4.69, 9.17) is 11.6 Å². The van der Waals surface area contributed by atoms with Gasteiger partial charge in [0.25, 0.3) is 5.91 Å². The molecule has 1 N–H and O–H groups in total. The Morgan fingerprint density at radius 2 is 1.89 bits per heavy atom. The summed E-state index contributed by atoms with van der Waals surface area (Å²) in [7, 11) is 0. The Kier molecular flexibility index (Phi) is 5.55. The lowest BCUT2D eigenvalue weighted by Crippen LogP contribution is -2.27. The molecule has 1 aromatic carbocycles. The Hall–Kier alpha value is -2.90. The second-order valence-electron chi connectivity index (χ2n) is 6.22. The monoisotopic (exact) mass is 411 g/mol. The largest absolute Gasteiger partial charge is 0.350 e. The van der Waals surface area contributed by atoms with Gasteiger partial charge in [0.2, 0.25) is 0 Å². The summed E-state index contributed by atoms with van der Waals surface area (Å²) < 4.78 is 3.57. The van der Waals surface area contributed by atoms with Crippen LogP contribution in [0.2, 0.25) is 5.02 Å². The van der Waals surface area contributed by atoms with Crippen molar-refractivity contribution in [3.8, 4) is 5.82 Å². The van der Waals surface area contributed by atoms with Crippen molar-refractivity contribution in [1.82, 2.24) is 24.9 Å². The van der Waals surface area contributed by atoms with Crippen LogP contribution in [-0.2, 0) is 13.0 Å². The van der Waals surface area contributed by atoms with Crippen molar-refractivity contribution in [3.63, 3.8) is 0 Å². The van der Waals surface area contributed by atoms with Crippen molar-refractivity contribution in [2.45, 2.75) is 13.0 Å². The van der Waals surface area contributed by atoms with Crippen LogP contribution in [0, 0.1) is 0 Å². The topological polar surface area (TPSA) is 64.7 Å². The standard InChI is InChI=1S/C20H18ClN5OS/c21-16-7-5-15(6-8-16)14-26-20(25-11-1-2-12-25)18(23-24-26)19(27)22-10-9-17-4-3-13-28-17/h1-8,11-13H,9-10,14H2,(H,22,27). The molecule has 142 valence electrons. The molecule has 4 rings (SSSR count). The van der Waals surface area contributed by atoms with Crippen LogP contribution in [0.3, 0.4) is 0 Å². The molecule has 0 aliphatic heterocycles. The molecule has 3 heterocycles. The number of halogens is 1. The molecule has 0 aliphatic carbocycles. The van der Waals surface area contributed by atoms with Gasteiger partial charge in [-0.15, -0.1) is 16.4 Å². The van der Waals surface area contributed by atoms with Crippen LogP contribution in [0.1, 0.15) is 20.9 Å². The van der Waals surface area contributed by atoms with Gasteiger partial charge in [0.1, 0.15) is 0 Å². The molecule has 28 heavy (non-hydrogen) atoms. The number of carbonyl (C=O) groups excluding carboxylic acids is 1. The van der Waals surface area contributed by atoms with Gasteiger partial charge in [0, 0.05) is 28.8 Å². The summed E-state index contributed by atoms with van der Waals surface area (Å²) in [5, 5.41) is 14.0. The van der Waals surface area contributed by atoms with Crippen LogP contribution in [0.25, 0.3) is 5.82 Å². The minimum atomic E-state index is -0.234. The van der Waals surface area contributed by atoms with E-state index in [-0.39, 0.29) is 5.91 Å². The highest BCUT2D eigenvalue weighted by molar-refractivity contribution is 7.09. The van der Waals surface area contributed by atoms with Crippen molar-refractivity contribution in [2.24, 2.45) is 0 Å². The fourth-order valence-corrected chi connectivity index (χ4v) is 3.73. The van der Waals surface area contributed by atoms with Crippen molar-refractivity contribution < 1.29 is 4.79 Å². The normalized spacial score (nSPS) is 10.9. The summed E-state index contributed by atoms with van der Waals surface area (Å²) in [5.74, 6) is 0.399. The molecule has 0 fully saturated rings. The predicted molar refractivity (Wildman–Crippen MR) is 110 cm³/mol. The van der Waals surface area contributed by atoms with Gasteiger partial charge in [-0.25, -0.2) is 4.68 Å². The average molecular weight is 412 g/mol. The SMILES string of the molecule is O=C(NCCc1cccs1)c1nnn(Cc2ccc(Cl)cc2)c1-n1cccc1. The number of amides is 1. The second-order valence-corrected chi connectivity index (χ2v) is 7.69. The van der Waals surface area contributed by atoms with E-state index in [2.05, 4.69) is 21.7 Å². The molecule has 0 radical (unpaired) electrons. The highest BCUT2D eigenvalue weighted by Crippen LogP contribution is 2.16. The minimum absolute atomic E-state index is 0.234. The molecule has 0 atom stereocenters. The number of rotatable bonds is 7. The van der Waals surface area contributed by atoms with Crippen LogP contribution in [0.5, 0.6) is 0 Å². The quantitative estimate of drug-likeness (QED) is 0.503. The summed E-state index contributed by atoms with van der Waals surface area (Å²) in [6.45, 7) is 1.04. The van der Waals surface area contributed by atoms with E-state index < -0.39 is 0 Å². The van der Waals surface area contributed by atoms with Gasteiger partial charge < -0.3 is 9.88 Å². The highest BCUT2D eigenvalue weighted by Gasteiger charge is 2.21. The Morgan fingerprint density at radius 3 is 2.61 bits per heavy atom. The van der Waals surface area contributed by atoms with Gasteiger partial charge in [0.05, 0.1) is 6.54 Å². The Bertz CT molecular complexity index is 1040. The number of aromatic nitrogens is 4. The number of benzene rings is 1. The molecule has 0 saturated heterocycles. The van der Waals surface area contributed by atoms with Gasteiger partial charge in [-0.2, -0.15) is 0 Å². The van der Waals surface area contributed by atoms with E-state index in [9.17, 15) is 4.79 Å². The van der Waals surface area contributed by atoms with Crippen molar-refractivity contribution >= 4 is 28.8 Å².